The molecule has 0 fully saturated rings. The number of hydrogen-bond acceptors (Lipinski definition) is 4. The summed E-state index contributed by atoms with van der Waals surface area (Å²) >= 11 is 11.9. The zero-order valence-corrected chi connectivity index (χ0v) is 13.7. The average molecular weight is 345 g/mol. The van der Waals surface area contributed by atoms with Crippen LogP contribution in [0.1, 0.15) is 24.8 Å². The Morgan fingerprint density at radius 2 is 2.05 bits per heavy atom. The maximum Gasteiger partial charge on any atom is 0.237 e. The van der Waals surface area contributed by atoms with Crippen LogP contribution in [-0.2, 0) is 16.0 Å². The van der Waals surface area contributed by atoms with E-state index < -0.39 is 12.1 Å². The molecular formula is C15H20Cl2N3O2. The Bertz CT molecular complexity index is 512. The van der Waals surface area contributed by atoms with Gasteiger partial charge in [0.05, 0.1) is 12.1 Å². The van der Waals surface area contributed by atoms with Gasteiger partial charge in [0.15, 0.2) is 0 Å². The normalized spacial score (nSPS) is 13.5. The lowest BCUT2D eigenvalue weighted by molar-refractivity contribution is -0.122. The number of amides is 1. The van der Waals surface area contributed by atoms with Gasteiger partial charge in [-0.05, 0) is 43.1 Å². The van der Waals surface area contributed by atoms with E-state index in [4.69, 9.17) is 34.7 Å². The van der Waals surface area contributed by atoms with Crippen molar-refractivity contribution < 1.29 is 9.59 Å². The average Bonchev–Trinajstić information content (AvgIpc) is 2.50. The van der Waals surface area contributed by atoms with Crippen LogP contribution >= 0.6 is 23.2 Å². The van der Waals surface area contributed by atoms with Gasteiger partial charge in [0.1, 0.15) is 0 Å². The molecule has 0 spiro atoms. The molecule has 5 N–H and O–H groups in total. The topological polar surface area (TPSA) is 98.2 Å². The first-order valence-electron chi connectivity index (χ1n) is 7.05. The van der Waals surface area contributed by atoms with E-state index in [2.05, 4.69) is 5.32 Å². The van der Waals surface area contributed by atoms with Crippen LogP contribution in [-0.4, -0.2) is 30.8 Å². The highest BCUT2D eigenvalue weighted by Crippen LogP contribution is 2.21. The van der Waals surface area contributed by atoms with Gasteiger partial charge >= 0.3 is 0 Å². The lowest BCUT2D eigenvalue weighted by Crippen LogP contribution is -2.46. The second-order valence-corrected chi connectivity index (χ2v) is 5.85. The van der Waals surface area contributed by atoms with Crippen LogP contribution in [0.2, 0.25) is 10.0 Å². The van der Waals surface area contributed by atoms with E-state index in [-0.39, 0.29) is 12.3 Å². The zero-order chi connectivity index (χ0) is 16.5. The van der Waals surface area contributed by atoms with Crippen molar-refractivity contribution in [2.24, 2.45) is 11.5 Å². The molecule has 1 aromatic rings. The largest absolute Gasteiger partial charge is 0.344 e. The van der Waals surface area contributed by atoms with Gasteiger partial charge in [0, 0.05) is 16.5 Å². The molecule has 5 nitrogen and oxygen atoms in total. The smallest absolute Gasteiger partial charge is 0.237 e. The molecule has 2 atom stereocenters. The summed E-state index contributed by atoms with van der Waals surface area (Å²) in [5, 5.41) is 3.55. The summed E-state index contributed by atoms with van der Waals surface area (Å²) in [5.74, 6) is -0.386. The number of unbranched alkanes of at least 4 members (excludes halogenated alkanes) is 1. The van der Waals surface area contributed by atoms with Gasteiger partial charge in [-0.2, -0.15) is 0 Å². The summed E-state index contributed by atoms with van der Waals surface area (Å²) < 4.78 is 0. The Labute approximate surface area is 140 Å². The maximum atomic E-state index is 11.9. The van der Waals surface area contributed by atoms with Gasteiger partial charge in [-0.25, -0.2) is 0 Å². The second kappa shape index (κ2) is 9.79. The van der Waals surface area contributed by atoms with Crippen LogP contribution in [0, 0.1) is 0 Å². The van der Waals surface area contributed by atoms with Crippen molar-refractivity contribution in [3.63, 3.8) is 0 Å². The van der Waals surface area contributed by atoms with Gasteiger partial charge in [-0.1, -0.05) is 29.6 Å². The first-order valence-corrected chi connectivity index (χ1v) is 7.81. The highest BCUT2D eigenvalue weighted by atomic mass is 35.5. The predicted octanol–water partition coefficient (Wildman–Crippen LogP) is 1.59. The number of benzene rings is 1. The van der Waals surface area contributed by atoms with Crippen molar-refractivity contribution in [1.82, 2.24) is 5.32 Å². The van der Waals surface area contributed by atoms with Gasteiger partial charge in [-0.3, -0.25) is 9.59 Å². The zero-order valence-electron chi connectivity index (χ0n) is 12.1. The first kappa shape index (κ1) is 18.9. The first-order chi connectivity index (χ1) is 10.5. The van der Waals surface area contributed by atoms with Gasteiger partial charge in [0.25, 0.3) is 0 Å². The molecule has 0 aromatic heterocycles. The van der Waals surface area contributed by atoms with Crippen molar-refractivity contribution in [2.75, 3.05) is 6.54 Å². The molecule has 1 radical (unpaired) electrons. The minimum absolute atomic E-state index is 0.212. The van der Waals surface area contributed by atoms with Crippen molar-refractivity contribution in [3.8, 4) is 0 Å². The van der Waals surface area contributed by atoms with E-state index in [1.807, 2.05) is 0 Å². The fraction of sp³-hybridized carbons (Fsp3) is 0.467. The summed E-state index contributed by atoms with van der Waals surface area (Å²) in [6, 6.07) is 3.46. The fourth-order valence-electron chi connectivity index (χ4n) is 1.96. The number of carbonyl (C=O) groups excluding carboxylic acids is 2. The molecule has 0 saturated heterocycles. The molecule has 0 aliphatic carbocycles. The van der Waals surface area contributed by atoms with Crippen LogP contribution in [0.5, 0.6) is 0 Å². The van der Waals surface area contributed by atoms with Crippen LogP contribution in [0.4, 0.5) is 0 Å². The lowest BCUT2D eigenvalue weighted by atomic mass is 10.1. The molecule has 7 heteroatoms. The van der Waals surface area contributed by atoms with Crippen LogP contribution in [0.3, 0.4) is 0 Å². The van der Waals surface area contributed by atoms with Crippen molar-refractivity contribution in [2.45, 2.75) is 37.8 Å². The number of nitrogens with two attached hydrogens (primary N) is 2. The predicted molar refractivity (Wildman–Crippen MR) is 88.7 cm³/mol. The quantitative estimate of drug-likeness (QED) is 0.592. The Balaban J connectivity index is 2.59. The lowest BCUT2D eigenvalue weighted by Gasteiger charge is -2.17. The molecule has 0 bridgehead atoms. The molecule has 1 aromatic carbocycles. The maximum absolute atomic E-state index is 11.9. The molecule has 1 amide bonds. The summed E-state index contributed by atoms with van der Waals surface area (Å²) in [6.07, 6.45) is 4.10. The van der Waals surface area contributed by atoms with E-state index in [9.17, 15) is 9.59 Å². The molecular weight excluding hydrogens is 325 g/mol. The van der Waals surface area contributed by atoms with E-state index in [1.54, 1.807) is 24.5 Å². The summed E-state index contributed by atoms with van der Waals surface area (Å²) in [5.41, 5.74) is 11.8. The number of nitrogens with one attached hydrogen (secondary N) is 1. The summed E-state index contributed by atoms with van der Waals surface area (Å²) in [6.45, 7) is 0.562. The van der Waals surface area contributed by atoms with Crippen LogP contribution in [0.15, 0.2) is 18.2 Å². The number of rotatable bonds is 9. The molecule has 0 saturated carbocycles. The van der Waals surface area contributed by atoms with Crippen LogP contribution in [0.25, 0.3) is 0 Å². The van der Waals surface area contributed by atoms with Crippen molar-refractivity contribution in [1.29, 1.82) is 0 Å². The van der Waals surface area contributed by atoms with E-state index >= 15 is 0 Å². The molecule has 1 rings (SSSR count). The van der Waals surface area contributed by atoms with E-state index in [0.29, 0.717) is 28.6 Å². The number of carbonyl (C=O) groups is 1. The van der Waals surface area contributed by atoms with Gasteiger partial charge < -0.3 is 16.8 Å². The molecule has 121 valence electrons. The molecule has 0 heterocycles. The Morgan fingerprint density at radius 3 is 2.68 bits per heavy atom. The highest BCUT2D eigenvalue weighted by Gasteiger charge is 2.19. The third-order valence-electron chi connectivity index (χ3n) is 3.20. The van der Waals surface area contributed by atoms with Crippen molar-refractivity contribution >= 4 is 35.4 Å². The Kier molecular flexibility index (Phi) is 8.42. The fourth-order valence-corrected chi connectivity index (χ4v) is 2.35. The monoisotopic (exact) mass is 344 g/mol. The third kappa shape index (κ3) is 6.32. The van der Waals surface area contributed by atoms with E-state index in [0.717, 1.165) is 12.8 Å². The molecule has 0 aliphatic rings. The molecule has 22 heavy (non-hydrogen) atoms. The van der Waals surface area contributed by atoms with Gasteiger partial charge in [0.2, 0.25) is 12.2 Å². The van der Waals surface area contributed by atoms with Crippen molar-refractivity contribution in [3.05, 3.63) is 33.8 Å². The third-order valence-corrected chi connectivity index (χ3v) is 3.80. The molecule has 0 aliphatic heterocycles. The van der Waals surface area contributed by atoms with Gasteiger partial charge in [-0.15, -0.1) is 0 Å². The highest BCUT2D eigenvalue weighted by molar-refractivity contribution is 6.33. The SMILES string of the molecule is NCCCC[C@H](N)C(=O)N[C@H]([C]=O)Cc1cc(Cl)ccc1Cl. The minimum atomic E-state index is -0.816. The van der Waals surface area contributed by atoms with E-state index in [1.165, 1.54) is 0 Å². The number of hydrogen-bond donors (Lipinski definition) is 3. The standard InChI is InChI=1S/C15H20Cl2N3O2/c16-11-4-5-13(17)10(7-11)8-12(9-21)20-15(22)14(19)3-1-2-6-18/h4-5,7,12,14H,1-3,6,8,18-19H2,(H,20,22)/t12-,14-/m0/s1. The Morgan fingerprint density at radius 1 is 1.32 bits per heavy atom. The molecule has 0 unspecified atom stereocenters. The second-order valence-electron chi connectivity index (χ2n) is 5.01. The summed E-state index contributed by atoms with van der Waals surface area (Å²) in [4.78, 5) is 23.0. The minimum Gasteiger partial charge on any atom is -0.344 e. The summed E-state index contributed by atoms with van der Waals surface area (Å²) in [7, 11) is 0. The Hall–Kier alpha value is -1.14. The van der Waals surface area contributed by atoms with Crippen LogP contribution < -0.4 is 16.8 Å². The number of halogens is 2.